The normalized spacial score (nSPS) is 11.4. The van der Waals surface area contributed by atoms with Crippen molar-refractivity contribution in [1.82, 2.24) is 15.0 Å². The number of sulfonamides is 1. The molecule has 154 valence electrons. The fraction of sp³-hybridized carbons (Fsp3) is 0.316. The van der Waals surface area contributed by atoms with E-state index in [2.05, 4.69) is 10.1 Å². The highest BCUT2D eigenvalue weighted by atomic mass is 32.2. The minimum atomic E-state index is -3.63. The number of thiophene rings is 1. The van der Waals surface area contributed by atoms with E-state index >= 15 is 0 Å². The molecular weight excluding hydrogens is 412 g/mol. The molecule has 0 unspecified atom stereocenters. The Labute approximate surface area is 173 Å². The number of rotatable bonds is 8. The lowest BCUT2D eigenvalue weighted by Gasteiger charge is -2.24. The summed E-state index contributed by atoms with van der Waals surface area (Å²) in [5.41, 5.74) is 1.54. The van der Waals surface area contributed by atoms with Gasteiger partial charge in [-0.2, -0.15) is 4.98 Å². The molecule has 10 heteroatoms. The van der Waals surface area contributed by atoms with Crippen molar-refractivity contribution < 1.29 is 17.7 Å². The van der Waals surface area contributed by atoms with E-state index in [1.54, 1.807) is 19.2 Å². The maximum atomic E-state index is 12.7. The summed E-state index contributed by atoms with van der Waals surface area (Å²) in [6, 6.07) is 10.9. The van der Waals surface area contributed by atoms with Crippen LogP contribution in [0.1, 0.15) is 18.4 Å². The van der Waals surface area contributed by atoms with E-state index in [-0.39, 0.29) is 24.9 Å². The first kappa shape index (κ1) is 21.0. The molecule has 0 atom stereocenters. The van der Waals surface area contributed by atoms with Gasteiger partial charge in [0.25, 0.3) is 0 Å². The molecule has 2 aromatic heterocycles. The van der Waals surface area contributed by atoms with Crippen molar-refractivity contribution in [1.29, 1.82) is 0 Å². The number of hydrogen-bond acceptors (Lipinski definition) is 7. The first-order valence-corrected chi connectivity index (χ1v) is 11.7. The summed E-state index contributed by atoms with van der Waals surface area (Å²) in [4.78, 5) is 19.2. The number of hydrogen-bond donors (Lipinski definition) is 0. The Balaban J connectivity index is 1.70. The van der Waals surface area contributed by atoms with Crippen LogP contribution in [0.25, 0.3) is 10.7 Å². The van der Waals surface area contributed by atoms with Gasteiger partial charge in [-0.15, -0.1) is 11.3 Å². The van der Waals surface area contributed by atoms with E-state index in [1.165, 1.54) is 16.2 Å². The van der Waals surface area contributed by atoms with Gasteiger partial charge in [0.2, 0.25) is 27.6 Å². The highest BCUT2D eigenvalue weighted by Crippen LogP contribution is 2.22. The van der Waals surface area contributed by atoms with Crippen LogP contribution in [-0.4, -0.2) is 49.2 Å². The van der Waals surface area contributed by atoms with Gasteiger partial charge in [-0.05, 0) is 35.6 Å². The molecule has 3 aromatic rings. The molecule has 0 aliphatic rings. The zero-order chi connectivity index (χ0) is 21.0. The molecule has 1 aromatic carbocycles. The quantitative estimate of drug-likeness (QED) is 0.541. The third-order valence-electron chi connectivity index (χ3n) is 4.32. The molecule has 0 aliphatic heterocycles. The lowest BCUT2D eigenvalue weighted by molar-refractivity contribution is -0.129. The topological polar surface area (TPSA) is 96.6 Å². The van der Waals surface area contributed by atoms with Gasteiger partial charge in [0.15, 0.2) is 0 Å². The van der Waals surface area contributed by atoms with Gasteiger partial charge in [-0.25, -0.2) is 8.42 Å². The van der Waals surface area contributed by atoms with Crippen LogP contribution in [0.15, 0.2) is 46.3 Å². The zero-order valence-electron chi connectivity index (χ0n) is 16.4. The molecular formula is C19H22N4O4S2. The average Bonchev–Trinajstić information content (AvgIpc) is 3.36. The van der Waals surface area contributed by atoms with Crippen LogP contribution in [0.4, 0.5) is 5.69 Å². The van der Waals surface area contributed by atoms with Gasteiger partial charge in [0.05, 0.1) is 23.4 Å². The van der Waals surface area contributed by atoms with E-state index < -0.39 is 10.0 Å². The molecule has 0 radical (unpaired) electrons. The fourth-order valence-corrected chi connectivity index (χ4v) is 4.16. The van der Waals surface area contributed by atoms with Crippen LogP contribution < -0.4 is 4.31 Å². The van der Waals surface area contributed by atoms with Gasteiger partial charge >= 0.3 is 0 Å². The number of anilines is 1. The lowest BCUT2D eigenvalue weighted by Crippen LogP contribution is -2.41. The second-order valence-corrected chi connectivity index (χ2v) is 9.38. The number of carbonyl (C=O) groups excluding carboxylic acids is 1. The SMILES string of the molecule is CCc1ccc(N(CC(=O)N(C)Cc2nc(-c3cccs3)no2)S(C)(=O)=O)cc1. The van der Waals surface area contributed by atoms with Crippen molar-refractivity contribution in [2.75, 3.05) is 24.2 Å². The molecule has 0 saturated heterocycles. The predicted octanol–water partition coefficient (Wildman–Crippen LogP) is 2.79. The van der Waals surface area contributed by atoms with Crippen LogP contribution in [0.5, 0.6) is 0 Å². The Hall–Kier alpha value is -2.72. The van der Waals surface area contributed by atoms with E-state index in [1.807, 2.05) is 36.6 Å². The van der Waals surface area contributed by atoms with Crippen LogP contribution in [0.2, 0.25) is 0 Å². The number of aromatic nitrogens is 2. The molecule has 29 heavy (non-hydrogen) atoms. The van der Waals surface area contributed by atoms with E-state index in [4.69, 9.17) is 4.52 Å². The smallest absolute Gasteiger partial charge is 0.246 e. The van der Waals surface area contributed by atoms with Gasteiger partial charge in [0.1, 0.15) is 6.54 Å². The molecule has 0 saturated carbocycles. The third-order valence-corrected chi connectivity index (χ3v) is 6.33. The molecule has 0 bridgehead atoms. The van der Waals surface area contributed by atoms with Crippen molar-refractivity contribution in [2.45, 2.75) is 19.9 Å². The maximum absolute atomic E-state index is 12.7. The Bertz CT molecular complexity index is 1060. The summed E-state index contributed by atoms with van der Waals surface area (Å²) in [6.45, 7) is 1.79. The number of carbonyl (C=O) groups is 1. The summed E-state index contributed by atoms with van der Waals surface area (Å²) in [6.07, 6.45) is 1.93. The molecule has 0 spiro atoms. The monoisotopic (exact) mass is 434 g/mol. The predicted molar refractivity (Wildman–Crippen MR) is 112 cm³/mol. The molecule has 0 fully saturated rings. The molecule has 3 rings (SSSR count). The van der Waals surface area contributed by atoms with Gasteiger partial charge in [-0.3, -0.25) is 9.10 Å². The second kappa shape index (κ2) is 8.75. The van der Waals surface area contributed by atoms with Gasteiger partial charge < -0.3 is 9.42 Å². The Morgan fingerprint density at radius 3 is 2.52 bits per heavy atom. The fourth-order valence-electron chi connectivity index (χ4n) is 2.66. The number of aryl methyl sites for hydroxylation is 1. The summed E-state index contributed by atoms with van der Waals surface area (Å²) < 4.78 is 30.8. The maximum Gasteiger partial charge on any atom is 0.246 e. The third kappa shape index (κ3) is 5.21. The van der Waals surface area contributed by atoms with Crippen LogP contribution in [0.3, 0.4) is 0 Å². The Morgan fingerprint density at radius 2 is 1.93 bits per heavy atom. The highest BCUT2D eigenvalue weighted by molar-refractivity contribution is 7.92. The number of likely N-dealkylation sites (N-methyl/N-ethyl adjacent to an activating group) is 1. The lowest BCUT2D eigenvalue weighted by atomic mass is 10.1. The molecule has 0 N–H and O–H groups in total. The van der Waals surface area contributed by atoms with Crippen molar-refractivity contribution >= 4 is 33.0 Å². The van der Waals surface area contributed by atoms with Crippen molar-refractivity contribution in [3.8, 4) is 10.7 Å². The Kier molecular flexibility index (Phi) is 6.33. The first-order chi connectivity index (χ1) is 13.8. The molecule has 8 nitrogen and oxygen atoms in total. The summed E-state index contributed by atoms with van der Waals surface area (Å²) >= 11 is 1.49. The molecule has 0 aliphatic carbocycles. The second-order valence-electron chi connectivity index (χ2n) is 6.53. The number of amides is 1. The van der Waals surface area contributed by atoms with E-state index in [0.29, 0.717) is 11.5 Å². The van der Waals surface area contributed by atoms with Crippen LogP contribution in [-0.2, 0) is 27.8 Å². The summed E-state index contributed by atoms with van der Waals surface area (Å²) in [7, 11) is -2.06. The van der Waals surface area contributed by atoms with Crippen LogP contribution in [0, 0.1) is 0 Å². The largest absolute Gasteiger partial charge is 0.337 e. The van der Waals surface area contributed by atoms with Crippen LogP contribution >= 0.6 is 11.3 Å². The zero-order valence-corrected chi connectivity index (χ0v) is 18.0. The standard InChI is InChI=1S/C19H22N4O4S2/c1-4-14-7-9-15(10-8-14)23(29(3,25)26)13-18(24)22(2)12-17-20-19(21-27-17)16-6-5-11-28-16/h5-11H,4,12-13H2,1-3H3. The number of benzene rings is 1. The van der Waals surface area contributed by atoms with Crippen molar-refractivity contribution in [2.24, 2.45) is 0 Å². The Morgan fingerprint density at radius 1 is 1.21 bits per heavy atom. The molecule has 1 amide bonds. The summed E-state index contributed by atoms with van der Waals surface area (Å²) in [5, 5.41) is 5.83. The summed E-state index contributed by atoms with van der Waals surface area (Å²) in [5.74, 6) is 0.359. The van der Waals surface area contributed by atoms with Crippen molar-refractivity contribution in [3.05, 3.63) is 53.2 Å². The van der Waals surface area contributed by atoms with E-state index in [0.717, 1.165) is 27.4 Å². The van der Waals surface area contributed by atoms with Gasteiger partial charge in [-0.1, -0.05) is 30.3 Å². The highest BCUT2D eigenvalue weighted by Gasteiger charge is 2.23. The molecule has 2 heterocycles. The average molecular weight is 435 g/mol. The van der Waals surface area contributed by atoms with Gasteiger partial charge in [0, 0.05) is 7.05 Å². The minimum absolute atomic E-state index is 0.0869. The first-order valence-electron chi connectivity index (χ1n) is 8.95. The minimum Gasteiger partial charge on any atom is -0.337 e. The van der Waals surface area contributed by atoms with E-state index in [9.17, 15) is 13.2 Å². The van der Waals surface area contributed by atoms with Crippen molar-refractivity contribution in [3.63, 3.8) is 0 Å². The number of nitrogens with zero attached hydrogens (tertiary/aromatic N) is 4.